The smallest absolute Gasteiger partial charge is 0 e. The fourth-order valence-electron chi connectivity index (χ4n) is 0. The van der Waals surface area contributed by atoms with Gasteiger partial charge in [-0.05, 0) is 0 Å². The van der Waals surface area contributed by atoms with Crippen LogP contribution in [0.4, 0.5) is 0 Å². The summed E-state index contributed by atoms with van der Waals surface area (Å²) in [4.78, 5) is 0. The van der Waals surface area contributed by atoms with Crippen molar-refractivity contribution in [1.29, 1.82) is 0 Å². The van der Waals surface area contributed by atoms with Gasteiger partial charge in [0.15, 0.2) is 0 Å². The molecule has 6 nitrogen and oxygen atoms in total. The van der Waals surface area contributed by atoms with Gasteiger partial charge in [0.1, 0.15) is 0 Å². The van der Waals surface area contributed by atoms with E-state index in [9.17, 15) is 0 Å². The third-order valence-electron chi connectivity index (χ3n) is 0. The minimum atomic E-state index is -3.65. The molecule has 0 aromatic rings. The van der Waals surface area contributed by atoms with Crippen LogP contribution in [0.1, 0.15) is 0 Å². The van der Waals surface area contributed by atoms with Crippen molar-refractivity contribution in [3.05, 3.63) is 0 Å². The quantitative estimate of drug-likeness (QED) is 0.382. The molecule has 0 N–H and O–H groups in total. The fraction of sp³-hybridized carbons (Fsp3) is 0. The Bertz CT molecular complexity index is 69.1. The van der Waals surface area contributed by atoms with E-state index >= 15 is 0 Å². The molecule has 0 unspecified atom stereocenters. The molecule has 0 atom stereocenters. The second kappa shape index (κ2) is 11.9. The molecular formula is Mn2O6W-4. The molecule has 0 aromatic carbocycles. The van der Waals surface area contributed by atoms with Gasteiger partial charge >= 0.3 is 53.4 Å². The minimum Gasteiger partial charge on any atom is 0 e. The summed E-state index contributed by atoms with van der Waals surface area (Å²) in [5, 5.41) is 0. The molecule has 0 saturated heterocycles. The predicted octanol–water partition coefficient (Wildman–Crippen LogP) is -5.00. The Labute approximate surface area is 74.2 Å². The maximum Gasteiger partial charge on any atom is 0 e. The Morgan fingerprint density at radius 3 is 0.778 bits per heavy atom. The molecule has 9 heteroatoms. The van der Waals surface area contributed by atoms with Gasteiger partial charge in [-0.3, -0.25) is 0 Å². The third kappa shape index (κ3) is 346. The van der Waals surface area contributed by atoms with Crippen LogP contribution in [-0.4, -0.2) is 0 Å². The molecule has 0 amide bonds. The van der Waals surface area contributed by atoms with Crippen molar-refractivity contribution in [3.63, 3.8) is 0 Å². The number of hydrogen-bond donors (Lipinski definition) is 0. The summed E-state index contributed by atoms with van der Waals surface area (Å²) in [7, 11) is 0. The largest absolute Gasteiger partial charge is 0 e. The molecule has 0 fully saturated rings. The average Bonchev–Trinajstić information content (AvgIpc) is 1.25. The first-order chi connectivity index (χ1) is 3.46. The number of rotatable bonds is 0. The van der Waals surface area contributed by atoms with Gasteiger partial charge in [0.25, 0.3) is 0 Å². The molecule has 0 bridgehead atoms. The van der Waals surface area contributed by atoms with E-state index in [-0.39, 0.29) is 21.1 Å². The van der Waals surface area contributed by atoms with E-state index < -0.39 is 29.0 Å². The second-order valence-corrected chi connectivity index (χ2v) is 1.56. The van der Waals surface area contributed by atoms with Crippen molar-refractivity contribution in [3.8, 4) is 0 Å². The molecule has 0 rings (SSSR count). The Morgan fingerprint density at radius 1 is 0.778 bits per heavy atom. The summed E-state index contributed by atoms with van der Waals surface area (Å²) in [5.74, 6) is 0. The second-order valence-electron chi connectivity index (χ2n) is 0.378. The van der Waals surface area contributed by atoms with E-state index in [1.807, 2.05) is 0 Å². The van der Waals surface area contributed by atoms with Gasteiger partial charge in [0.2, 0.25) is 0 Å². The van der Waals surface area contributed by atoms with Crippen LogP contribution in [0.3, 0.4) is 0 Å². The maximum absolute atomic E-state index is 8.52. The van der Waals surface area contributed by atoms with Gasteiger partial charge in [-0.1, -0.05) is 0 Å². The summed E-state index contributed by atoms with van der Waals surface area (Å²) in [6.45, 7) is 0. The van der Waals surface area contributed by atoms with Crippen LogP contribution in [0, 0.1) is 0 Å². The van der Waals surface area contributed by atoms with Gasteiger partial charge in [0.05, 0.1) is 0 Å². The first-order valence-electron chi connectivity index (χ1n) is 0.926. The van der Waals surface area contributed by atoms with Crippen LogP contribution in [0.25, 0.3) is 0 Å². The van der Waals surface area contributed by atoms with Crippen LogP contribution in [0.15, 0.2) is 0 Å². The normalized spacial score (nSPS) is 7.78. The molecule has 60 valence electrons. The summed E-state index contributed by atoms with van der Waals surface area (Å²) < 4.78 is 51.1. The number of hydrogen-bond acceptors (Lipinski definition) is 6. The summed E-state index contributed by atoms with van der Waals surface area (Å²) in [5.41, 5.74) is 0. The van der Waals surface area contributed by atoms with Crippen molar-refractivity contribution in [2.24, 2.45) is 0 Å². The van der Waals surface area contributed by atoms with E-state index in [0.717, 1.165) is 0 Å². The van der Waals surface area contributed by atoms with E-state index in [2.05, 4.69) is 0 Å². The van der Waals surface area contributed by atoms with E-state index in [1.165, 1.54) is 0 Å². The fourth-order valence-corrected chi connectivity index (χ4v) is 0. The molecule has 0 aromatic heterocycles. The molecule has 0 spiro atoms. The molecule has 0 aliphatic rings. The van der Waals surface area contributed by atoms with Crippen molar-refractivity contribution < 1.29 is 74.5 Å². The topological polar surface area (TPSA) is 126 Å². The Kier molecular flexibility index (Phi) is 22.0. The molecule has 0 aliphatic heterocycles. The van der Waals surface area contributed by atoms with Gasteiger partial charge in [-0.2, -0.15) is 0 Å². The predicted molar refractivity (Wildman–Crippen MR) is 1.37 cm³/mol. The first-order valence-corrected chi connectivity index (χ1v) is 3.82. The monoisotopic (exact) mass is 390 g/mol. The molecular weight excluding hydrogens is 390 g/mol. The van der Waals surface area contributed by atoms with Crippen LogP contribution in [0.2, 0.25) is 0 Å². The molecule has 0 aliphatic carbocycles. The standard InChI is InChI=1S/2Mn.6O.W/q;;;;4*-1;. The van der Waals surface area contributed by atoms with E-state index in [0.29, 0.717) is 0 Å². The van der Waals surface area contributed by atoms with Gasteiger partial charge in [-0.15, -0.1) is 0 Å². The summed E-state index contributed by atoms with van der Waals surface area (Å²) in [6, 6.07) is 0. The Balaban J connectivity index is -0.0000000720. The zero-order valence-electron chi connectivity index (χ0n) is 3.61. The van der Waals surface area contributed by atoms with Crippen molar-refractivity contribution >= 4 is 0 Å². The van der Waals surface area contributed by atoms with Gasteiger partial charge < -0.3 is 0 Å². The summed E-state index contributed by atoms with van der Waals surface area (Å²) in [6.07, 6.45) is 0. The first kappa shape index (κ1) is 16.6. The van der Waals surface area contributed by atoms with Crippen LogP contribution < -0.4 is 16.8 Å². The minimum absolute atomic E-state index is 0. The summed E-state index contributed by atoms with van der Waals surface area (Å²) >= 11 is -7.29. The van der Waals surface area contributed by atoms with Crippen molar-refractivity contribution in [1.82, 2.24) is 0 Å². The van der Waals surface area contributed by atoms with E-state index in [1.54, 1.807) is 0 Å². The van der Waals surface area contributed by atoms with Gasteiger partial charge in [0, 0.05) is 21.1 Å². The SMILES string of the molecule is [O]=[Mn]([O-])[O-].[O]=[Mn]([O-])[O-].[W]. The molecule has 0 radical (unpaired) electrons. The van der Waals surface area contributed by atoms with Crippen LogP contribution in [0.5, 0.6) is 0 Å². The average molecular weight is 390 g/mol. The van der Waals surface area contributed by atoms with Crippen LogP contribution in [-0.2, 0) is 57.7 Å². The van der Waals surface area contributed by atoms with E-state index in [4.69, 9.17) is 24.4 Å². The van der Waals surface area contributed by atoms with Gasteiger partial charge in [-0.25, -0.2) is 0 Å². The maximum atomic E-state index is 8.52. The third-order valence-corrected chi connectivity index (χ3v) is 0. The zero-order valence-corrected chi connectivity index (χ0v) is 8.91. The Hall–Kier alpha value is 1.17. The molecule has 0 heterocycles. The van der Waals surface area contributed by atoms with Crippen molar-refractivity contribution in [2.75, 3.05) is 0 Å². The zero-order chi connectivity index (χ0) is 7.15. The Morgan fingerprint density at radius 2 is 0.778 bits per heavy atom. The van der Waals surface area contributed by atoms with Crippen LogP contribution >= 0.6 is 0 Å². The molecule has 9 heavy (non-hydrogen) atoms. The van der Waals surface area contributed by atoms with Crippen molar-refractivity contribution in [2.45, 2.75) is 0 Å². The molecule has 0 saturated carbocycles.